The molecule has 2 atom stereocenters. The van der Waals surface area contributed by atoms with Crippen molar-refractivity contribution < 1.29 is 22.1 Å². The summed E-state index contributed by atoms with van der Waals surface area (Å²) in [5.74, 6) is -1.02. The summed E-state index contributed by atoms with van der Waals surface area (Å²) < 4.78 is 42.0. The van der Waals surface area contributed by atoms with Crippen molar-refractivity contribution in [3.05, 3.63) is 53.0 Å². The van der Waals surface area contributed by atoms with Gasteiger partial charge in [0.2, 0.25) is 5.79 Å². The highest BCUT2D eigenvalue weighted by Gasteiger charge is 2.44. The number of benzene rings is 1. The lowest BCUT2D eigenvalue weighted by Crippen LogP contribution is -2.34. The van der Waals surface area contributed by atoms with E-state index in [9.17, 15) is 8.42 Å². The second kappa shape index (κ2) is 6.93. The Morgan fingerprint density at radius 2 is 2.17 bits per heavy atom. The molecule has 9 heteroatoms. The van der Waals surface area contributed by atoms with E-state index >= 15 is 0 Å². The number of hydrogen-bond acceptors (Lipinski definition) is 6. The molecule has 0 amide bonds. The highest BCUT2D eigenvalue weighted by molar-refractivity contribution is 9.10. The van der Waals surface area contributed by atoms with Crippen molar-refractivity contribution in [2.24, 2.45) is 0 Å². The molecule has 3 rings (SSSR count). The summed E-state index contributed by atoms with van der Waals surface area (Å²) in [4.78, 5) is 4.03. The smallest absolute Gasteiger partial charge is 0.264 e. The van der Waals surface area contributed by atoms with Crippen molar-refractivity contribution in [1.82, 2.24) is 9.55 Å². The Bertz CT molecular complexity index is 779. The minimum atomic E-state index is -3.53. The highest BCUT2D eigenvalue weighted by Crippen LogP contribution is 2.36. The summed E-state index contributed by atoms with van der Waals surface area (Å²) in [6.07, 6.45) is 5.69. The second-order valence-electron chi connectivity index (χ2n) is 5.53. The molecule has 24 heavy (non-hydrogen) atoms. The van der Waals surface area contributed by atoms with Gasteiger partial charge in [0, 0.05) is 22.4 Å². The van der Waals surface area contributed by atoms with Crippen molar-refractivity contribution in [2.45, 2.75) is 18.4 Å². The molecule has 7 nitrogen and oxygen atoms in total. The van der Waals surface area contributed by atoms with E-state index in [4.69, 9.17) is 13.7 Å². The van der Waals surface area contributed by atoms with Crippen molar-refractivity contribution >= 4 is 26.0 Å². The van der Waals surface area contributed by atoms with Crippen LogP contribution in [-0.2, 0) is 36.1 Å². The molecule has 0 radical (unpaired) electrons. The summed E-state index contributed by atoms with van der Waals surface area (Å²) in [6.45, 7) is 0.547. The second-order valence-corrected chi connectivity index (χ2v) is 8.09. The molecule has 1 aromatic heterocycles. The third kappa shape index (κ3) is 4.22. The standard InChI is InChI=1S/C15H17BrN2O5S/c1-24(19,20)22-9-14-8-21-15(23-14,10-18-7-6-17-11-18)12-2-4-13(16)5-3-12/h2-7,11,14H,8-10H2,1H3/t14-,15+/m0/s1. The number of nitrogens with zero attached hydrogens (tertiary/aromatic N) is 2. The molecule has 1 fully saturated rings. The topological polar surface area (TPSA) is 79.7 Å². The van der Waals surface area contributed by atoms with Gasteiger partial charge in [-0.15, -0.1) is 0 Å². The zero-order valence-electron chi connectivity index (χ0n) is 13.0. The fraction of sp³-hybridized carbons (Fsp3) is 0.400. The van der Waals surface area contributed by atoms with E-state index in [1.807, 2.05) is 35.0 Å². The summed E-state index contributed by atoms with van der Waals surface area (Å²) in [6, 6.07) is 7.61. The third-order valence-electron chi connectivity index (χ3n) is 3.56. The Kier molecular flexibility index (Phi) is 5.07. The van der Waals surface area contributed by atoms with E-state index in [0.717, 1.165) is 16.3 Å². The van der Waals surface area contributed by atoms with Crippen LogP contribution in [0.15, 0.2) is 47.5 Å². The average molecular weight is 417 g/mol. The number of halogens is 1. The third-order valence-corrected chi connectivity index (χ3v) is 4.65. The van der Waals surface area contributed by atoms with Crippen molar-refractivity contribution in [2.75, 3.05) is 19.5 Å². The van der Waals surface area contributed by atoms with Crippen LogP contribution in [0.2, 0.25) is 0 Å². The largest absolute Gasteiger partial charge is 0.342 e. The Labute approximate surface area is 148 Å². The first kappa shape index (κ1) is 17.6. The molecule has 2 aromatic rings. The van der Waals surface area contributed by atoms with E-state index in [1.165, 1.54) is 0 Å². The fourth-order valence-corrected chi connectivity index (χ4v) is 3.16. The molecular weight excluding hydrogens is 400 g/mol. The fourth-order valence-electron chi connectivity index (χ4n) is 2.50. The van der Waals surface area contributed by atoms with E-state index in [0.29, 0.717) is 6.54 Å². The summed E-state index contributed by atoms with van der Waals surface area (Å²) >= 11 is 3.41. The minimum absolute atomic E-state index is 0.0823. The Hall–Kier alpha value is -1.26. The molecule has 0 unspecified atom stereocenters. The first-order chi connectivity index (χ1) is 11.4. The minimum Gasteiger partial charge on any atom is -0.342 e. The molecule has 1 aromatic carbocycles. The van der Waals surface area contributed by atoms with Crippen LogP contribution in [0.4, 0.5) is 0 Å². The SMILES string of the molecule is CS(=O)(=O)OC[C@@H]1CO[C@@](Cn2ccnc2)(c2ccc(Br)cc2)O1. The van der Waals surface area contributed by atoms with Crippen LogP contribution in [0.5, 0.6) is 0 Å². The summed E-state index contributed by atoms with van der Waals surface area (Å²) in [5, 5.41) is 0. The highest BCUT2D eigenvalue weighted by atomic mass is 79.9. The molecule has 0 saturated carbocycles. The van der Waals surface area contributed by atoms with Gasteiger partial charge in [0.05, 0.1) is 32.3 Å². The van der Waals surface area contributed by atoms with Crippen LogP contribution in [-0.4, -0.2) is 43.5 Å². The molecule has 1 aliphatic heterocycles. The van der Waals surface area contributed by atoms with E-state index in [-0.39, 0.29) is 13.2 Å². The Morgan fingerprint density at radius 3 is 2.79 bits per heavy atom. The lowest BCUT2D eigenvalue weighted by Gasteiger charge is -2.29. The normalized spacial score (nSPS) is 24.3. The molecule has 0 N–H and O–H groups in total. The van der Waals surface area contributed by atoms with Gasteiger partial charge >= 0.3 is 0 Å². The lowest BCUT2D eigenvalue weighted by molar-refractivity contribution is -0.189. The van der Waals surface area contributed by atoms with Gasteiger partial charge < -0.3 is 14.0 Å². The molecule has 0 aliphatic carbocycles. The molecule has 130 valence electrons. The van der Waals surface area contributed by atoms with Crippen LogP contribution in [0.1, 0.15) is 5.56 Å². The summed E-state index contributed by atoms with van der Waals surface area (Å²) in [7, 11) is -3.53. The number of ether oxygens (including phenoxy) is 2. The maximum absolute atomic E-state index is 11.2. The molecule has 1 saturated heterocycles. The predicted molar refractivity (Wildman–Crippen MR) is 89.7 cm³/mol. The van der Waals surface area contributed by atoms with Crippen molar-refractivity contribution in [3.8, 4) is 0 Å². The molecule has 0 bridgehead atoms. The number of imidazole rings is 1. The van der Waals surface area contributed by atoms with E-state index in [1.54, 1.807) is 12.5 Å². The maximum Gasteiger partial charge on any atom is 0.264 e. The van der Waals surface area contributed by atoms with Gasteiger partial charge in [0.1, 0.15) is 6.10 Å². The van der Waals surface area contributed by atoms with Gasteiger partial charge in [-0.3, -0.25) is 4.18 Å². The number of hydrogen-bond donors (Lipinski definition) is 0. The number of aromatic nitrogens is 2. The first-order valence-electron chi connectivity index (χ1n) is 7.24. The summed E-state index contributed by atoms with van der Waals surface area (Å²) in [5.41, 5.74) is 0.834. The van der Waals surface area contributed by atoms with Gasteiger partial charge in [0.15, 0.2) is 0 Å². The maximum atomic E-state index is 11.2. The van der Waals surface area contributed by atoms with E-state index in [2.05, 4.69) is 20.9 Å². The van der Waals surface area contributed by atoms with Crippen LogP contribution in [0.3, 0.4) is 0 Å². The van der Waals surface area contributed by atoms with Gasteiger partial charge in [0.25, 0.3) is 10.1 Å². The van der Waals surface area contributed by atoms with E-state index < -0.39 is 22.0 Å². The zero-order chi connectivity index (χ0) is 17.2. The van der Waals surface area contributed by atoms with Gasteiger partial charge in [-0.2, -0.15) is 8.42 Å². The Morgan fingerprint density at radius 1 is 1.42 bits per heavy atom. The van der Waals surface area contributed by atoms with Gasteiger partial charge in [-0.25, -0.2) is 4.98 Å². The van der Waals surface area contributed by atoms with Gasteiger partial charge in [-0.05, 0) is 12.1 Å². The molecule has 1 aliphatic rings. The van der Waals surface area contributed by atoms with Crippen molar-refractivity contribution in [1.29, 1.82) is 0 Å². The quantitative estimate of drug-likeness (QED) is 0.668. The van der Waals surface area contributed by atoms with Crippen LogP contribution in [0, 0.1) is 0 Å². The predicted octanol–water partition coefficient (Wildman–Crippen LogP) is 1.89. The number of rotatable bonds is 6. The van der Waals surface area contributed by atoms with Crippen LogP contribution in [0.25, 0.3) is 0 Å². The monoisotopic (exact) mass is 416 g/mol. The molecular formula is C15H17BrN2O5S. The Balaban J connectivity index is 1.82. The zero-order valence-corrected chi connectivity index (χ0v) is 15.4. The van der Waals surface area contributed by atoms with Crippen LogP contribution >= 0.6 is 15.9 Å². The van der Waals surface area contributed by atoms with Crippen molar-refractivity contribution in [3.63, 3.8) is 0 Å². The average Bonchev–Trinajstić information content (AvgIpc) is 3.16. The molecule has 0 spiro atoms. The lowest BCUT2D eigenvalue weighted by atomic mass is 10.1. The van der Waals surface area contributed by atoms with Crippen LogP contribution < -0.4 is 0 Å². The first-order valence-corrected chi connectivity index (χ1v) is 9.85. The van der Waals surface area contributed by atoms with Gasteiger partial charge in [-0.1, -0.05) is 28.1 Å². The molecule has 2 heterocycles.